The quantitative estimate of drug-likeness (QED) is 0.621. The van der Waals surface area contributed by atoms with Gasteiger partial charge < -0.3 is 14.4 Å². The van der Waals surface area contributed by atoms with Gasteiger partial charge in [0, 0.05) is 42.6 Å². The molecule has 1 N–H and O–H groups in total. The topological polar surface area (TPSA) is 98.0 Å². The number of aliphatic carboxylic acids is 1. The Morgan fingerprint density at radius 2 is 2.17 bits per heavy atom. The van der Waals surface area contributed by atoms with Crippen LogP contribution in [0.2, 0.25) is 0 Å². The van der Waals surface area contributed by atoms with Gasteiger partial charge in [-0.05, 0) is 24.8 Å². The van der Waals surface area contributed by atoms with Crippen LogP contribution >= 0.6 is 0 Å². The second-order valence-electron chi connectivity index (χ2n) is 6.22. The second-order valence-corrected chi connectivity index (χ2v) is 6.22. The number of nitrogens with zero attached hydrogens (tertiary/aromatic N) is 2. The van der Waals surface area contributed by atoms with Crippen molar-refractivity contribution in [3.05, 3.63) is 28.7 Å². The van der Waals surface area contributed by atoms with Gasteiger partial charge in [-0.15, -0.1) is 0 Å². The number of aliphatic imine (C=N–C) groups is 1. The molecule has 1 unspecified atom stereocenters. The van der Waals surface area contributed by atoms with E-state index in [9.17, 15) is 14.4 Å². The van der Waals surface area contributed by atoms with Gasteiger partial charge in [-0.2, -0.15) is 0 Å². The number of carbonyl (C=O) groups excluding carboxylic acids is 2. The van der Waals surface area contributed by atoms with Crippen molar-refractivity contribution in [2.75, 3.05) is 0 Å². The number of rotatable bonds is 1. The Morgan fingerprint density at radius 1 is 1.33 bits per heavy atom. The molecule has 3 heterocycles. The summed E-state index contributed by atoms with van der Waals surface area (Å²) in [5, 5.41) is 8.82. The summed E-state index contributed by atoms with van der Waals surface area (Å²) in [4.78, 5) is 38.7. The standard InChI is InChI=1S/C17H16N2O5/c20-12-5-7-19-11-4-6-18-8-13(24-17(23)16(21)22)14(11)10-3-1-2-9(12)15(10)19/h6,8-9H,1-5,7H2,(H,21,22). The molecule has 0 saturated heterocycles. The Balaban J connectivity index is 1.88. The highest BCUT2D eigenvalue weighted by molar-refractivity contribution is 6.29. The molecule has 0 bridgehead atoms. The van der Waals surface area contributed by atoms with Crippen LogP contribution in [0.1, 0.15) is 47.7 Å². The summed E-state index contributed by atoms with van der Waals surface area (Å²) >= 11 is 0. The molecule has 3 aliphatic rings. The first-order valence-electron chi connectivity index (χ1n) is 8.02. The van der Waals surface area contributed by atoms with Gasteiger partial charge >= 0.3 is 11.9 Å². The van der Waals surface area contributed by atoms with Crippen LogP contribution in [0.4, 0.5) is 0 Å². The van der Waals surface area contributed by atoms with Gasteiger partial charge in [0.1, 0.15) is 5.78 Å². The van der Waals surface area contributed by atoms with Crippen molar-refractivity contribution in [2.24, 2.45) is 4.99 Å². The molecule has 4 rings (SSSR count). The number of carboxylic acids is 1. The normalized spacial score (nSPS) is 21.4. The van der Waals surface area contributed by atoms with Gasteiger partial charge in [-0.25, -0.2) is 9.59 Å². The van der Waals surface area contributed by atoms with Crippen LogP contribution < -0.4 is 0 Å². The summed E-state index contributed by atoms with van der Waals surface area (Å²) in [6.45, 7) is 0.612. The lowest BCUT2D eigenvalue weighted by Gasteiger charge is -2.29. The number of esters is 1. The molecule has 0 spiro atoms. The number of carbonyl (C=O) groups is 3. The van der Waals surface area contributed by atoms with Crippen molar-refractivity contribution in [3.8, 4) is 0 Å². The average molecular weight is 328 g/mol. The number of ether oxygens (including phenoxy) is 1. The predicted molar refractivity (Wildman–Crippen MR) is 83.6 cm³/mol. The number of ketones is 1. The van der Waals surface area contributed by atoms with E-state index >= 15 is 0 Å². The smallest absolute Gasteiger partial charge is 0.422 e. The molecule has 1 aromatic heterocycles. The van der Waals surface area contributed by atoms with Gasteiger partial charge in [-0.1, -0.05) is 0 Å². The summed E-state index contributed by atoms with van der Waals surface area (Å²) in [7, 11) is 0. The van der Waals surface area contributed by atoms with E-state index < -0.39 is 11.9 Å². The molecule has 1 aromatic rings. The maximum Gasteiger partial charge on any atom is 0.422 e. The van der Waals surface area contributed by atoms with Crippen molar-refractivity contribution in [3.63, 3.8) is 0 Å². The highest BCUT2D eigenvalue weighted by Crippen LogP contribution is 2.43. The number of aromatic nitrogens is 1. The number of hydrogen-bond donors (Lipinski definition) is 1. The molecule has 7 nitrogen and oxygen atoms in total. The minimum atomic E-state index is -1.64. The van der Waals surface area contributed by atoms with Crippen LogP contribution in [0, 0.1) is 0 Å². The van der Waals surface area contributed by atoms with Crippen molar-refractivity contribution < 1.29 is 24.2 Å². The summed E-state index contributed by atoms with van der Waals surface area (Å²) in [5.74, 6) is -2.64. The fourth-order valence-electron chi connectivity index (χ4n) is 4.03. The van der Waals surface area contributed by atoms with E-state index in [1.807, 2.05) is 0 Å². The maximum absolute atomic E-state index is 12.3. The third-order valence-electron chi connectivity index (χ3n) is 4.94. The van der Waals surface area contributed by atoms with Crippen molar-refractivity contribution in [2.45, 2.75) is 44.6 Å². The monoisotopic (exact) mass is 328 g/mol. The number of fused-ring (bicyclic) bond motifs is 3. The maximum atomic E-state index is 12.3. The van der Waals surface area contributed by atoms with E-state index in [1.54, 1.807) is 6.21 Å². The molecule has 124 valence electrons. The number of Topliss-reactive ketones (excluding diaryl/α,β-unsaturated/α-hetero) is 1. The fourth-order valence-corrected chi connectivity index (χ4v) is 4.03. The first kappa shape index (κ1) is 14.9. The van der Waals surface area contributed by atoms with Crippen molar-refractivity contribution in [1.29, 1.82) is 0 Å². The van der Waals surface area contributed by atoms with E-state index in [0.29, 0.717) is 19.4 Å². The van der Waals surface area contributed by atoms with Crippen LogP contribution in [0.25, 0.3) is 5.76 Å². The molecule has 0 fully saturated rings. The van der Waals surface area contributed by atoms with E-state index in [1.165, 1.54) is 6.20 Å². The Labute approximate surface area is 137 Å². The summed E-state index contributed by atoms with van der Waals surface area (Å²) < 4.78 is 7.22. The van der Waals surface area contributed by atoms with E-state index in [4.69, 9.17) is 9.84 Å². The van der Waals surface area contributed by atoms with Crippen LogP contribution in [-0.2, 0) is 38.5 Å². The van der Waals surface area contributed by atoms with Gasteiger partial charge in [0.15, 0.2) is 5.76 Å². The van der Waals surface area contributed by atoms with E-state index in [-0.39, 0.29) is 17.5 Å². The molecule has 2 aliphatic heterocycles. The van der Waals surface area contributed by atoms with E-state index in [2.05, 4.69) is 9.56 Å². The highest BCUT2D eigenvalue weighted by Gasteiger charge is 2.38. The van der Waals surface area contributed by atoms with Gasteiger partial charge in [0.2, 0.25) is 0 Å². The summed E-state index contributed by atoms with van der Waals surface area (Å²) in [6.07, 6.45) is 6.69. The molecular formula is C17H16N2O5. The summed E-state index contributed by atoms with van der Waals surface area (Å²) in [6, 6.07) is 0. The van der Waals surface area contributed by atoms with Crippen LogP contribution in [0.3, 0.4) is 0 Å². The zero-order chi connectivity index (χ0) is 16.8. The third kappa shape index (κ3) is 2.11. The number of carboxylic acid groups (broad SMARTS) is 1. The third-order valence-corrected chi connectivity index (χ3v) is 4.94. The lowest BCUT2D eigenvalue weighted by molar-refractivity contribution is -0.159. The first-order valence-corrected chi connectivity index (χ1v) is 8.02. The number of hydrogen-bond acceptors (Lipinski definition) is 5. The van der Waals surface area contributed by atoms with Crippen LogP contribution in [0.5, 0.6) is 0 Å². The minimum Gasteiger partial charge on any atom is -0.473 e. The summed E-state index contributed by atoms with van der Waals surface area (Å²) in [5.41, 5.74) is 3.72. The zero-order valence-corrected chi connectivity index (χ0v) is 12.9. The lowest BCUT2D eigenvalue weighted by atomic mass is 9.81. The van der Waals surface area contributed by atoms with Crippen molar-refractivity contribution >= 4 is 29.7 Å². The molecular weight excluding hydrogens is 312 g/mol. The molecule has 7 heteroatoms. The fraction of sp³-hybridized carbons (Fsp3) is 0.412. The molecule has 0 aromatic carbocycles. The Morgan fingerprint density at radius 3 is 2.96 bits per heavy atom. The Hall–Kier alpha value is -2.70. The predicted octanol–water partition coefficient (Wildman–Crippen LogP) is 1.43. The molecule has 0 saturated carbocycles. The van der Waals surface area contributed by atoms with Gasteiger partial charge in [0.25, 0.3) is 0 Å². The van der Waals surface area contributed by atoms with Crippen LogP contribution in [-0.4, -0.2) is 33.6 Å². The van der Waals surface area contributed by atoms with Crippen molar-refractivity contribution in [1.82, 2.24) is 4.57 Å². The van der Waals surface area contributed by atoms with E-state index in [0.717, 1.165) is 41.8 Å². The SMILES string of the molecule is O=C(O)C(=O)OC1=CN=CCc2c1c1c3n2CCC(=O)C3CCC1. The van der Waals surface area contributed by atoms with Crippen LogP contribution in [0.15, 0.2) is 11.2 Å². The molecule has 0 radical (unpaired) electrons. The largest absolute Gasteiger partial charge is 0.473 e. The average Bonchev–Trinajstić information content (AvgIpc) is 2.73. The molecule has 24 heavy (non-hydrogen) atoms. The Kier molecular flexibility index (Phi) is 3.37. The second kappa shape index (κ2) is 5.43. The Bertz CT molecular complexity index is 831. The van der Waals surface area contributed by atoms with Gasteiger partial charge in [0.05, 0.1) is 12.1 Å². The molecule has 1 aliphatic carbocycles. The lowest BCUT2D eigenvalue weighted by Crippen LogP contribution is -2.28. The molecule has 0 amide bonds. The minimum absolute atomic E-state index is 0.0946. The highest BCUT2D eigenvalue weighted by atomic mass is 16.6. The van der Waals surface area contributed by atoms with Gasteiger partial charge in [-0.3, -0.25) is 9.79 Å². The first-order chi connectivity index (χ1) is 11.6. The molecule has 1 atom stereocenters. The zero-order valence-electron chi connectivity index (χ0n) is 12.9.